The van der Waals surface area contributed by atoms with Crippen molar-refractivity contribution in [3.8, 4) is 0 Å². The van der Waals surface area contributed by atoms with Gasteiger partial charge in [-0.2, -0.15) is 0 Å². The van der Waals surface area contributed by atoms with Crippen LogP contribution in [0.1, 0.15) is 19.8 Å². The van der Waals surface area contributed by atoms with E-state index in [9.17, 15) is 9.59 Å². The number of carbonyl (C=O) groups excluding carboxylic acids is 2. The van der Waals surface area contributed by atoms with Gasteiger partial charge in [0.2, 0.25) is 11.8 Å². The number of likely N-dealkylation sites (N-methyl/N-ethyl adjacent to an activating group) is 1. The number of amides is 2. The van der Waals surface area contributed by atoms with Crippen molar-refractivity contribution in [1.82, 2.24) is 15.5 Å². The number of rotatable bonds is 3. The second-order valence-electron chi connectivity index (χ2n) is 4.50. The fourth-order valence-corrected chi connectivity index (χ4v) is 1.85. The van der Waals surface area contributed by atoms with Crippen LogP contribution in [-0.2, 0) is 9.59 Å². The van der Waals surface area contributed by atoms with Gasteiger partial charge in [-0.05, 0) is 26.3 Å². The van der Waals surface area contributed by atoms with E-state index in [4.69, 9.17) is 0 Å². The van der Waals surface area contributed by atoms with E-state index in [1.54, 1.807) is 14.1 Å². The fourth-order valence-electron chi connectivity index (χ4n) is 1.85. The molecule has 5 heteroatoms. The fraction of sp³-hybridized carbons (Fsp3) is 0.818. The Morgan fingerprint density at radius 1 is 1.44 bits per heavy atom. The lowest BCUT2D eigenvalue weighted by Crippen LogP contribution is -2.48. The summed E-state index contributed by atoms with van der Waals surface area (Å²) >= 11 is 0. The molecule has 0 aromatic heterocycles. The molecule has 0 bridgehead atoms. The van der Waals surface area contributed by atoms with Crippen molar-refractivity contribution >= 4 is 11.8 Å². The van der Waals surface area contributed by atoms with E-state index in [1.165, 1.54) is 4.90 Å². The van der Waals surface area contributed by atoms with Crippen LogP contribution in [0.25, 0.3) is 0 Å². The summed E-state index contributed by atoms with van der Waals surface area (Å²) < 4.78 is 0. The maximum absolute atomic E-state index is 11.8. The third-order valence-corrected chi connectivity index (χ3v) is 3.01. The van der Waals surface area contributed by atoms with Crippen LogP contribution in [-0.4, -0.2) is 49.9 Å². The molecule has 1 heterocycles. The molecule has 2 atom stereocenters. The molecule has 2 amide bonds. The lowest BCUT2D eigenvalue weighted by molar-refractivity contribution is -0.132. The maximum Gasteiger partial charge on any atom is 0.241 e. The Morgan fingerprint density at radius 2 is 2.12 bits per heavy atom. The van der Waals surface area contributed by atoms with Gasteiger partial charge in [0.1, 0.15) is 0 Å². The number of carbonyl (C=O) groups is 2. The van der Waals surface area contributed by atoms with E-state index in [0.29, 0.717) is 0 Å². The first-order chi connectivity index (χ1) is 7.52. The van der Waals surface area contributed by atoms with Gasteiger partial charge < -0.3 is 15.5 Å². The Labute approximate surface area is 96.6 Å². The van der Waals surface area contributed by atoms with Gasteiger partial charge in [0, 0.05) is 20.1 Å². The summed E-state index contributed by atoms with van der Waals surface area (Å²) in [7, 11) is 3.36. The number of piperidine rings is 1. The number of nitrogens with zero attached hydrogens (tertiary/aromatic N) is 1. The summed E-state index contributed by atoms with van der Waals surface area (Å²) in [6, 6.07) is 0.197. The number of nitrogens with one attached hydrogen (secondary N) is 2. The summed E-state index contributed by atoms with van der Waals surface area (Å²) in [6.45, 7) is 3.08. The van der Waals surface area contributed by atoms with Crippen LogP contribution in [0, 0.1) is 5.92 Å². The maximum atomic E-state index is 11.8. The van der Waals surface area contributed by atoms with E-state index in [0.717, 1.165) is 19.4 Å². The summed E-state index contributed by atoms with van der Waals surface area (Å²) in [5.74, 6) is -0.108. The summed E-state index contributed by atoms with van der Waals surface area (Å²) in [5, 5.41) is 5.96. The van der Waals surface area contributed by atoms with Crippen molar-refractivity contribution in [2.24, 2.45) is 5.92 Å². The average molecular weight is 227 g/mol. The van der Waals surface area contributed by atoms with Gasteiger partial charge in [-0.15, -0.1) is 0 Å². The zero-order valence-corrected chi connectivity index (χ0v) is 10.2. The van der Waals surface area contributed by atoms with Crippen LogP contribution in [0.5, 0.6) is 0 Å². The Hall–Kier alpha value is -1.10. The standard InChI is InChI=1S/C11H21N3O2/c1-8-9(5-4-6-12-8)11(16)13-7-10(15)14(2)3/h8-9,12H,4-7H2,1-3H3,(H,13,16). The van der Waals surface area contributed by atoms with E-state index >= 15 is 0 Å². The molecule has 1 rings (SSSR count). The van der Waals surface area contributed by atoms with Gasteiger partial charge in [0.15, 0.2) is 0 Å². The molecule has 0 spiro atoms. The van der Waals surface area contributed by atoms with Crippen molar-refractivity contribution in [3.63, 3.8) is 0 Å². The van der Waals surface area contributed by atoms with Crippen molar-refractivity contribution in [2.75, 3.05) is 27.2 Å². The van der Waals surface area contributed by atoms with E-state index in [2.05, 4.69) is 10.6 Å². The Kier molecular flexibility index (Phi) is 4.73. The summed E-state index contributed by atoms with van der Waals surface area (Å²) in [4.78, 5) is 24.6. The smallest absolute Gasteiger partial charge is 0.241 e. The molecule has 2 unspecified atom stereocenters. The minimum Gasteiger partial charge on any atom is -0.347 e. The third kappa shape index (κ3) is 3.48. The molecule has 5 nitrogen and oxygen atoms in total. The molecule has 92 valence electrons. The minimum atomic E-state index is -0.0789. The van der Waals surface area contributed by atoms with E-state index < -0.39 is 0 Å². The van der Waals surface area contributed by atoms with Crippen molar-refractivity contribution in [3.05, 3.63) is 0 Å². The van der Waals surface area contributed by atoms with Crippen LogP contribution < -0.4 is 10.6 Å². The summed E-state index contributed by atoms with van der Waals surface area (Å²) in [5.41, 5.74) is 0. The van der Waals surface area contributed by atoms with Crippen LogP contribution in [0.4, 0.5) is 0 Å². The molecule has 0 aromatic carbocycles. The Balaban J connectivity index is 2.36. The molecule has 1 saturated heterocycles. The van der Waals surface area contributed by atoms with Crippen LogP contribution in [0.15, 0.2) is 0 Å². The topological polar surface area (TPSA) is 61.4 Å². The number of hydrogen-bond acceptors (Lipinski definition) is 3. The van der Waals surface area contributed by atoms with Crippen LogP contribution in [0.3, 0.4) is 0 Å². The van der Waals surface area contributed by atoms with Crippen LogP contribution in [0.2, 0.25) is 0 Å². The van der Waals surface area contributed by atoms with Gasteiger partial charge >= 0.3 is 0 Å². The molecule has 0 aromatic rings. The number of hydrogen-bond donors (Lipinski definition) is 2. The zero-order valence-electron chi connectivity index (χ0n) is 10.2. The SMILES string of the molecule is CC1NCCCC1C(=O)NCC(=O)N(C)C. The quantitative estimate of drug-likeness (QED) is 0.688. The molecule has 1 aliphatic heterocycles. The largest absolute Gasteiger partial charge is 0.347 e. The lowest BCUT2D eigenvalue weighted by atomic mass is 9.91. The predicted octanol–water partition coefficient (Wildman–Crippen LogP) is -0.421. The molecule has 0 saturated carbocycles. The van der Waals surface area contributed by atoms with Gasteiger partial charge in [0.05, 0.1) is 12.5 Å². The Bertz CT molecular complexity index is 266. The molecule has 0 aliphatic carbocycles. The first-order valence-electron chi connectivity index (χ1n) is 5.73. The lowest BCUT2D eigenvalue weighted by Gasteiger charge is -2.28. The second-order valence-corrected chi connectivity index (χ2v) is 4.50. The highest BCUT2D eigenvalue weighted by atomic mass is 16.2. The van der Waals surface area contributed by atoms with E-state index in [1.807, 2.05) is 6.92 Å². The first kappa shape index (κ1) is 13.0. The van der Waals surface area contributed by atoms with Crippen molar-refractivity contribution in [2.45, 2.75) is 25.8 Å². The van der Waals surface area contributed by atoms with Gasteiger partial charge in [-0.1, -0.05) is 0 Å². The zero-order chi connectivity index (χ0) is 12.1. The normalized spacial score (nSPS) is 24.9. The molecule has 0 radical (unpaired) electrons. The minimum absolute atomic E-state index is 0.0105. The Morgan fingerprint density at radius 3 is 2.69 bits per heavy atom. The van der Waals surface area contributed by atoms with E-state index in [-0.39, 0.29) is 30.3 Å². The van der Waals surface area contributed by atoms with Gasteiger partial charge in [0.25, 0.3) is 0 Å². The van der Waals surface area contributed by atoms with Gasteiger partial charge in [-0.25, -0.2) is 0 Å². The van der Waals surface area contributed by atoms with Crippen molar-refractivity contribution in [1.29, 1.82) is 0 Å². The van der Waals surface area contributed by atoms with Crippen molar-refractivity contribution < 1.29 is 9.59 Å². The molecule has 1 fully saturated rings. The molecular weight excluding hydrogens is 206 g/mol. The van der Waals surface area contributed by atoms with Crippen LogP contribution >= 0.6 is 0 Å². The summed E-state index contributed by atoms with van der Waals surface area (Å²) in [6.07, 6.45) is 1.92. The average Bonchev–Trinajstić information content (AvgIpc) is 2.25. The molecule has 2 N–H and O–H groups in total. The monoisotopic (exact) mass is 227 g/mol. The van der Waals surface area contributed by atoms with Gasteiger partial charge in [-0.3, -0.25) is 9.59 Å². The molecule has 1 aliphatic rings. The highest BCUT2D eigenvalue weighted by Crippen LogP contribution is 2.15. The highest BCUT2D eigenvalue weighted by molar-refractivity contribution is 5.86. The first-order valence-corrected chi connectivity index (χ1v) is 5.73. The third-order valence-electron chi connectivity index (χ3n) is 3.01. The second kappa shape index (κ2) is 5.84. The molecule has 16 heavy (non-hydrogen) atoms. The predicted molar refractivity (Wildman–Crippen MR) is 61.9 cm³/mol. The highest BCUT2D eigenvalue weighted by Gasteiger charge is 2.27. The molecular formula is C11H21N3O2.